The van der Waals surface area contributed by atoms with Crippen LogP contribution in [0.2, 0.25) is 0 Å². The predicted octanol–water partition coefficient (Wildman–Crippen LogP) is 3.46. The molecule has 0 bridgehead atoms. The lowest BCUT2D eigenvalue weighted by atomic mass is 10.2. The highest BCUT2D eigenvalue weighted by Crippen LogP contribution is 2.20. The first-order valence-electron chi connectivity index (χ1n) is 6.62. The standard InChI is InChI=1S/C15H19NO/c1-2-8-15-13(6-1)12-14(17-15)7-5-11-16-9-3-4-10-16/h1-2,6,8,12H,3-5,7,9-11H2. The minimum Gasteiger partial charge on any atom is -0.461 e. The molecule has 3 rings (SSSR count). The summed E-state index contributed by atoms with van der Waals surface area (Å²) in [5, 5.41) is 1.23. The maximum Gasteiger partial charge on any atom is 0.134 e. The zero-order valence-electron chi connectivity index (χ0n) is 10.2. The maximum absolute atomic E-state index is 5.81. The number of hydrogen-bond donors (Lipinski definition) is 0. The van der Waals surface area contributed by atoms with Crippen molar-refractivity contribution in [3.8, 4) is 0 Å². The third-order valence-electron chi connectivity index (χ3n) is 3.57. The number of hydrogen-bond acceptors (Lipinski definition) is 2. The molecule has 0 radical (unpaired) electrons. The second-order valence-corrected chi connectivity index (χ2v) is 4.90. The maximum atomic E-state index is 5.81. The molecule has 2 heteroatoms. The number of para-hydroxylation sites is 1. The summed E-state index contributed by atoms with van der Waals surface area (Å²) in [6, 6.07) is 10.4. The van der Waals surface area contributed by atoms with E-state index in [0.717, 1.165) is 17.8 Å². The van der Waals surface area contributed by atoms with Crippen LogP contribution in [-0.4, -0.2) is 24.5 Å². The van der Waals surface area contributed by atoms with E-state index < -0.39 is 0 Å². The summed E-state index contributed by atoms with van der Waals surface area (Å²) in [6.45, 7) is 3.80. The van der Waals surface area contributed by atoms with E-state index in [1.165, 1.54) is 44.3 Å². The number of aryl methyl sites for hydroxylation is 1. The highest BCUT2D eigenvalue weighted by atomic mass is 16.3. The van der Waals surface area contributed by atoms with Gasteiger partial charge in [0.05, 0.1) is 0 Å². The summed E-state index contributed by atoms with van der Waals surface area (Å²) < 4.78 is 5.81. The lowest BCUT2D eigenvalue weighted by Crippen LogP contribution is -2.20. The average molecular weight is 229 g/mol. The molecule has 1 aromatic heterocycles. The van der Waals surface area contributed by atoms with Crippen LogP contribution in [0.25, 0.3) is 11.0 Å². The average Bonchev–Trinajstić information content (AvgIpc) is 2.96. The van der Waals surface area contributed by atoms with Crippen molar-refractivity contribution in [1.82, 2.24) is 4.90 Å². The number of likely N-dealkylation sites (tertiary alicyclic amines) is 1. The molecule has 90 valence electrons. The van der Waals surface area contributed by atoms with Crippen LogP contribution in [0.5, 0.6) is 0 Å². The van der Waals surface area contributed by atoms with Gasteiger partial charge in [0, 0.05) is 11.8 Å². The molecule has 2 heterocycles. The first-order chi connectivity index (χ1) is 8.42. The van der Waals surface area contributed by atoms with Gasteiger partial charge in [-0.25, -0.2) is 0 Å². The Balaban J connectivity index is 1.57. The van der Waals surface area contributed by atoms with Crippen LogP contribution in [0.15, 0.2) is 34.7 Å². The van der Waals surface area contributed by atoms with Crippen molar-refractivity contribution < 1.29 is 4.42 Å². The van der Waals surface area contributed by atoms with Crippen LogP contribution in [0.4, 0.5) is 0 Å². The Morgan fingerprint density at radius 1 is 1.12 bits per heavy atom. The van der Waals surface area contributed by atoms with E-state index in [-0.39, 0.29) is 0 Å². The molecule has 0 spiro atoms. The Morgan fingerprint density at radius 2 is 1.94 bits per heavy atom. The van der Waals surface area contributed by atoms with Crippen molar-refractivity contribution in [2.75, 3.05) is 19.6 Å². The number of nitrogens with zero attached hydrogens (tertiary/aromatic N) is 1. The summed E-state index contributed by atoms with van der Waals surface area (Å²) in [5.74, 6) is 1.13. The minimum atomic E-state index is 1.02. The van der Waals surface area contributed by atoms with Gasteiger partial charge in [0.15, 0.2) is 0 Å². The van der Waals surface area contributed by atoms with E-state index in [1.807, 2.05) is 12.1 Å². The highest BCUT2D eigenvalue weighted by Gasteiger charge is 2.11. The molecular weight excluding hydrogens is 210 g/mol. The van der Waals surface area contributed by atoms with Crippen LogP contribution in [0.1, 0.15) is 25.0 Å². The van der Waals surface area contributed by atoms with Gasteiger partial charge in [0.1, 0.15) is 11.3 Å². The molecule has 17 heavy (non-hydrogen) atoms. The summed E-state index contributed by atoms with van der Waals surface area (Å²) in [7, 11) is 0. The number of fused-ring (bicyclic) bond motifs is 1. The van der Waals surface area contributed by atoms with Crippen LogP contribution < -0.4 is 0 Å². The van der Waals surface area contributed by atoms with Crippen LogP contribution in [0, 0.1) is 0 Å². The predicted molar refractivity (Wildman–Crippen MR) is 70.2 cm³/mol. The molecule has 1 saturated heterocycles. The largest absolute Gasteiger partial charge is 0.461 e. The summed E-state index contributed by atoms with van der Waals surface area (Å²) in [5.41, 5.74) is 1.02. The monoisotopic (exact) mass is 229 g/mol. The van der Waals surface area contributed by atoms with Crippen LogP contribution in [0.3, 0.4) is 0 Å². The first-order valence-corrected chi connectivity index (χ1v) is 6.62. The number of benzene rings is 1. The van der Waals surface area contributed by atoms with Gasteiger partial charge in [-0.3, -0.25) is 0 Å². The first kappa shape index (κ1) is 10.8. The molecule has 0 atom stereocenters. The van der Waals surface area contributed by atoms with Crippen molar-refractivity contribution in [3.63, 3.8) is 0 Å². The molecular formula is C15H19NO. The Hall–Kier alpha value is -1.28. The SMILES string of the molecule is c1ccc2oc(CCCN3CCCC3)cc2c1. The Kier molecular flexibility index (Phi) is 3.14. The molecule has 1 aliphatic rings. The topological polar surface area (TPSA) is 16.4 Å². The van der Waals surface area contributed by atoms with Gasteiger partial charge in [-0.1, -0.05) is 18.2 Å². The molecule has 1 aliphatic heterocycles. The molecule has 2 aromatic rings. The highest BCUT2D eigenvalue weighted by molar-refractivity contribution is 5.77. The molecule has 1 aromatic carbocycles. The third-order valence-corrected chi connectivity index (χ3v) is 3.57. The smallest absolute Gasteiger partial charge is 0.134 e. The molecule has 1 fully saturated rings. The fourth-order valence-electron chi connectivity index (χ4n) is 2.64. The zero-order chi connectivity index (χ0) is 11.5. The van der Waals surface area contributed by atoms with E-state index in [4.69, 9.17) is 4.42 Å². The number of rotatable bonds is 4. The summed E-state index contributed by atoms with van der Waals surface area (Å²) >= 11 is 0. The summed E-state index contributed by atoms with van der Waals surface area (Å²) in [6.07, 6.45) is 5.03. The second-order valence-electron chi connectivity index (χ2n) is 4.90. The van der Waals surface area contributed by atoms with Crippen molar-refractivity contribution in [3.05, 3.63) is 36.1 Å². The van der Waals surface area contributed by atoms with Gasteiger partial charge < -0.3 is 9.32 Å². The molecule has 2 nitrogen and oxygen atoms in total. The molecule has 0 unspecified atom stereocenters. The lowest BCUT2D eigenvalue weighted by molar-refractivity contribution is 0.330. The van der Waals surface area contributed by atoms with E-state index in [1.54, 1.807) is 0 Å². The van der Waals surface area contributed by atoms with Crippen LogP contribution in [-0.2, 0) is 6.42 Å². The van der Waals surface area contributed by atoms with Crippen molar-refractivity contribution in [2.45, 2.75) is 25.7 Å². The normalized spacial score (nSPS) is 16.9. The van der Waals surface area contributed by atoms with Gasteiger partial charge in [-0.05, 0) is 51.0 Å². The quantitative estimate of drug-likeness (QED) is 0.798. The van der Waals surface area contributed by atoms with Gasteiger partial charge in [-0.2, -0.15) is 0 Å². The fraction of sp³-hybridized carbons (Fsp3) is 0.467. The Morgan fingerprint density at radius 3 is 2.76 bits per heavy atom. The molecule has 0 amide bonds. The van der Waals surface area contributed by atoms with Crippen molar-refractivity contribution in [1.29, 1.82) is 0 Å². The zero-order valence-corrected chi connectivity index (χ0v) is 10.2. The van der Waals surface area contributed by atoms with Crippen molar-refractivity contribution in [2.24, 2.45) is 0 Å². The lowest BCUT2D eigenvalue weighted by Gasteiger charge is -2.13. The van der Waals surface area contributed by atoms with Crippen molar-refractivity contribution >= 4 is 11.0 Å². The van der Waals surface area contributed by atoms with Crippen LogP contribution >= 0.6 is 0 Å². The molecule has 0 aliphatic carbocycles. The molecule has 0 N–H and O–H groups in total. The van der Waals surface area contributed by atoms with Gasteiger partial charge >= 0.3 is 0 Å². The number of furan rings is 1. The molecule has 0 saturated carbocycles. The van der Waals surface area contributed by atoms with Gasteiger partial charge in [0.2, 0.25) is 0 Å². The minimum absolute atomic E-state index is 1.02. The third kappa shape index (κ3) is 2.52. The van der Waals surface area contributed by atoms with E-state index in [0.29, 0.717) is 0 Å². The Bertz CT molecular complexity index is 449. The fourth-order valence-corrected chi connectivity index (χ4v) is 2.64. The second kappa shape index (κ2) is 4.92. The Labute approximate surface area is 102 Å². The van der Waals surface area contributed by atoms with E-state index >= 15 is 0 Å². The van der Waals surface area contributed by atoms with E-state index in [2.05, 4.69) is 23.1 Å². The van der Waals surface area contributed by atoms with E-state index in [9.17, 15) is 0 Å². The van der Waals surface area contributed by atoms with Gasteiger partial charge in [0.25, 0.3) is 0 Å². The van der Waals surface area contributed by atoms with Gasteiger partial charge in [-0.15, -0.1) is 0 Å². The summed E-state index contributed by atoms with van der Waals surface area (Å²) in [4.78, 5) is 2.56.